The zero-order valence-corrected chi connectivity index (χ0v) is 18.1. The average molecular weight is 400 g/mol. The van der Waals surface area contributed by atoms with Gasteiger partial charge in [0.2, 0.25) is 10.0 Å². The number of nitrogens with zero attached hydrogens (tertiary/aromatic N) is 3. The molecule has 0 fully saturated rings. The van der Waals surface area contributed by atoms with Gasteiger partial charge in [-0.1, -0.05) is 20.8 Å². The van der Waals surface area contributed by atoms with Crippen molar-refractivity contribution in [3.8, 4) is 0 Å². The third-order valence-corrected chi connectivity index (χ3v) is 10.6. The van der Waals surface area contributed by atoms with Crippen molar-refractivity contribution in [1.29, 1.82) is 0 Å². The molecule has 0 amide bonds. The SMILES string of the molecule is Cc1cn2cc(N)nc2c(CNS(=O)(=O)CCO[Si](C)(C)C(C)(C)C)n1. The van der Waals surface area contributed by atoms with E-state index < -0.39 is 18.3 Å². The molecule has 10 heteroatoms. The molecule has 0 aliphatic heterocycles. The molecule has 2 aromatic rings. The zero-order valence-electron chi connectivity index (χ0n) is 16.3. The summed E-state index contributed by atoms with van der Waals surface area (Å²) in [5.74, 6) is 0.280. The van der Waals surface area contributed by atoms with Crippen LogP contribution in [-0.2, 0) is 21.0 Å². The van der Waals surface area contributed by atoms with Crippen molar-refractivity contribution in [1.82, 2.24) is 19.1 Å². The molecule has 0 radical (unpaired) electrons. The molecule has 0 aliphatic rings. The minimum Gasteiger partial charge on any atom is -0.416 e. The summed E-state index contributed by atoms with van der Waals surface area (Å²) >= 11 is 0. The zero-order chi connectivity index (χ0) is 19.8. The fraction of sp³-hybridized carbons (Fsp3) is 0.625. The van der Waals surface area contributed by atoms with E-state index in [1.54, 1.807) is 16.8 Å². The minimum absolute atomic E-state index is 0.0435. The molecule has 0 bridgehead atoms. The van der Waals surface area contributed by atoms with Gasteiger partial charge in [0.25, 0.3) is 0 Å². The molecule has 0 saturated heterocycles. The summed E-state index contributed by atoms with van der Waals surface area (Å²) in [5, 5.41) is 0.0435. The first-order chi connectivity index (χ1) is 11.8. The van der Waals surface area contributed by atoms with Crippen LogP contribution in [-0.4, -0.2) is 43.5 Å². The molecule has 2 heterocycles. The number of fused-ring (bicyclic) bond motifs is 1. The fourth-order valence-corrected chi connectivity index (χ4v) is 4.21. The monoisotopic (exact) mass is 399 g/mol. The summed E-state index contributed by atoms with van der Waals surface area (Å²) in [7, 11) is -5.45. The highest BCUT2D eigenvalue weighted by atomic mass is 32.2. The number of sulfonamides is 1. The number of imidazole rings is 1. The van der Waals surface area contributed by atoms with Crippen molar-refractivity contribution in [2.75, 3.05) is 18.1 Å². The molecule has 146 valence electrons. The third kappa shape index (κ3) is 5.03. The molecule has 0 saturated carbocycles. The van der Waals surface area contributed by atoms with Gasteiger partial charge in [-0.3, -0.25) is 4.98 Å². The second-order valence-electron chi connectivity index (χ2n) is 7.97. The fourth-order valence-electron chi connectivity index (χ4n) is 2.21. The molecule has 8 nitrogen and oxygen atoms in total. The van der Waals surface area contributed by atoms with Crippen molar-refractivity contribution >= 4 is 29.8 Å². The first-order valence-corrected chi connectivity index (χ1v) is 13.1. The van der Waals surface area contributed by atoms with Gasteiger partial charge in [-0.15, -0.1) is 0 Å². The van der Waals surface area contributed by atoms with Gasteiger partial charge in [-0.05, 0) is 25.1 Å². The predicted octanol–water partition coefficient (Wildman–Crippen LogP) is 2.06. The molecule has 26 heavy (non-hydrogen) atoms. The second kappa shape index (κ2) is 7.26. The van der Waals surface area contributed by atoms with Crippen molar-refractivity contribution in [3.63, 3.8) is 0 Å². The van der Waals surface area contributed by atoms with Gasteiger partial charge in [0.15, 0.2) is 14.0 Å². The Morgan fingerprint density at radius 3 is 2.54 bits per heavy atom. The lowest BCUT2D eigenvalue weighted by molar-refractivity contribution is 0.308. The van der Waals surface area contributed by atoms with Gasteiger partial charge >= 0.3 is 0 Å². The van der Waals surface area contributed by atoms with Gasteiger partial charge in [0.05, 0.1) is 29.9 Å². The standard InChI is InChI=1S/C16H29N5O3SSi/c1-12-10-21-11-14(17)20-15(21)13(19-12)9-18-25(22,23)8-7-24-26(5,6)16(2,3)4/h10-11,18H,7-9,17H2,1-6H3. The number of aromatic nitrogens is 3. The number of hydrogen-bond donors (Lipinski definition) is 2. The molecule has 3 N–H and O–H groups in total. The highest BCUT2D eigenvalue weighted by Crippen LogP contribution is 2.36. The lowest BCUT2D eigenvalue weighted by Gasteiger charge is -2.36. The van der Waals surface area contributed by atoms with Crippen LogP contribution < -0.4 is 10.5 Å². The van der Waals surface area contributed by atoms with Gasteiger partial charge in [-0.25, -0.2) is 18.1 Å². The van der Waals surface area contributed by atoms with E-state index >= 15 is 0 Å². The number of rotatable bonds is 7. The minimum atomic E-state index is -3.48. The number of nitrogen functional groups attached to an aromatic ring is 1. The van der Waals surface area contributed by atoms with Crippen LogP contribution in [0.25, 0.3) is 5.65 Å². The second-order valence-corrected chi connectivity index (χ2v) is 14.7. The highest BCUT2D eigenvalue weighted by molar-refractivity contribution is 7.89. The lowest BCUT2D eigenvalue weighted by Crippen LogP contribution is -2.42. The summed E-state index contributed by atoms with van der Waals surface area (Å²) in [6.07, 6.45) is 3.47. The van der Waals surface area contributed by atoms with E-state index in [1.807, 2.05) is 6.92 Å². The van der Waals surface area contributed by atoms with Crippen molar-refractivity contribution in [2.45, 2.75) is 52.4 Å². The third-order valence-electron chi connectivity index (χ3n) is 4.73. The highest BCUT2D eigenvalue weighted by Gasteiger charge is 2.37. The summed E-state index contributed by atoms with van der Waals surface area (Å²) < 4.78 is 34.9. The maximum atomic E-state index is 12.3. The van der Waals surface area contributed by atoms with E-state index in [0.29, 0.717) is 17.2 Å². The quantitative estimate of drug-likeness (QED) is 0.689. The van der Waals surface area contributed by atoms with E-state index in [0.717, 1.165) is 5.69 Å². The number of nitrogens with one attached hydrogen (secondary N) is 1. The summed E-state index contributed by atoms with van der Waals surface area (Å²) in [6, 6.07) is 0. The van der Waals surface area contributed by atoms with Gasteiger partial charge in [0, 0.05) is 12.8 Å². The number of aryl methyl sites for hydroxylation is 1. The molecule has 0 atom stereocenters. The maximum absolute atomic E-state index is 12.3. The van der Waals surface area contributed by atoms with E-state index in [-0.39, 0.29) is 23.9 Å². The van der Waals surface area contributed by atoms with Crippen molar-refractivity contribution in [2.24, 2.45) is 0 Å². The molecule has 2 aromatic heterocycles. The van der Waals surface area contributed by atoms with E-state index in [9.17, 15) is 8.42 Å². The average Bonchev–Trinajstić information content (AvgIpc) is 2.83. The van der Waals surface area contributed by atoms with E-state index in [1.165, 1.54) is 0 Å². The van der Waals surface area contributed by atoms with E-state index in [2.05, 4.69) is 48.6 Å². The maximum Gasteiger partial charge on any atom is 0.214 e. The summed E-state index contributed by atoms with van der Waals surface area (Å²) in [4.78, 5) is 8.58. The Bertz CT molecular complexity index is 887. The smallest absolute Gasteiger partial charge is 0.214 e. The Hall–Kier alpha value is -1.49. The Balaban J connectivity index is 2.01. The topological polar surface area (TPSA) is 112 Å². The Labute approximate surface area is 156 Å². The number of hydrogen-bond acceptors (Lipinski definition) is 6. The normalized spacial score (nSPS) is 13.5. The Morgan fingerprint density at radius 1 is 1.27 bits per heavy atom. The largest absolute Gasteiger partial charge is 0.416 e. The summed E-state index contributed by atoms with van der Waals surface area (Å²) in [6.45, 7) is 12.6. The van der Waals surface area contributed by atoms with Crippen LogP contribution in [0.4, 0.5) is 5.82 Å². The van der Waals surface area contributed by atoms with Crippen molar-refractivity contribution < 1.29 is 12.8 Å². The van der Waals surface area contributed by atoms with Crippen LogP contribution in [0, 0.1) is 6.92 Å². The molecule has 2 rings (SSSR count). The Kier molecular flexibility index (Phi) is 5.81. The first-order valence-electron chi connectivity index (χ1n) is 8.53. The van der Waals surface area contributed by atoms with Crippen LogP contribution >= 0.6 is 0 Å². The number of nitrogens with two attached hydrogens (primary N) is 1. The molecule has 0 aliphatic carbocycles. The van der Waals surface area contributed by atoms with Gasteiger partial charge < -0.3 is 14.6 Å². The van der Waals surface area contributed by atoms with Crippen molar-refractivity contribution in [3.05, 3.63) is 23.8 Å². The van der Waals surface area contributed by atoms with E-state index in [4.69, 9.17) is 10.2 Å². The van der Waals surface area contributed by atoms with Crippen LogP contribution in [0.1, 0.15) is 32.2 Å². The lowest BCUT2D eigenvalue weighted by atomic mass is 10.2. The summed E-state index contributed by atoms with van der Waals surface area (Å²) in [5.41, 5.74) is 7.56. The Morgan fingerprint density at radius 2 is 1.92 bits per heavy atom. The predicted molar refractivity (Wildman–Crippen MR) is 106 cm³/mol. The molecule has 0 spiro atoms. The molecule has 0 aromatic carbocycles. The van der Waals surface area contributed by atoms with Gasteiger partial charge in [-0.2, -0.15) is 0 Å². The van der Waals surface area contributed by atoms with Gasteiger partial charge in [0.1, 0.15) is 5.82 Å². The van der Waals surface area contributed by atoms with Crippen LogP contribution in [0.15, 0.2) is 12.4 Å². The molecular weight excluding hydrogens is 370 g/mol. The number of anilines is 1. The first kappa shape index (κ1) is 20.8. The van der Waals surface area contributed by atoms with Crippen LogP contribution in [0.3, 0.4) is 0 Å². The molecule has 0 unspecified atom stereocenters. The van der Waals surface area contributed by atoms with Crippen LogP contribution in [0.5, 0.6) is 0 Å². The van der Waals surface area contributed by atoms with Crippen LogP contribution in [0.2, 0.25) is 18.1 Å². The molecular formula is C16H29N5O3SSi.